The predicted molar refractivity (Wildman–Crippen MR) is 109 cm³/mol. The Bertz CT molecular complexity index is 923. The van der Waals surface area contributed by atoms with Gasteiger partial charge in [-0.3, -0.25) is 4.79 Å². The van der Waals surface area contributed by atoms with Crippen LogP contribution < -0.4 is 14.9 Å². The molecular formula is C20H25N3O4S. The number of rotatable bonds is 6. The maximum absolute atomic E-state index is 12.5. The normalized spacial score (nSPS) is 15.9. The average molecular weight is 404 g/mol. The molecule has 2 N–H and O–H groups in total. The zero-order valence-corrected chi connectivity index (χ0v) is 16.8. The summed E-state index contributed by atoms with van der Waals surface area (Å²) in [5, 5.41) is 2.75. The molecule has 1 aliphatic heterocycles. The fourth-order valence-corrected chi connectivity index (χ4v) is 4.27. The molecule has 2 aromatic carbocycles. The van der Waals surface area contributed by atoms with E-state index in [0.29, 0.717) is 18.9 Å². The molecule has 28 heavy (non-hydrogen) atoms. The highest BCUT2D eigenvalue weighted by Crippen LogP contribution is 2.19. The fraction of sp³-hybridized carbons (Fsp3) is 0.350. The number of aryl methyl sites for hydroxylation is 1. The van der Waals surface area contributed by atoms with E-state index in [2.05, 4.69) is 14.9 Å². The summed E-state index contributed by atoms with van der Waals surface area (Å²) in [6.07, 6.45) is 0. The predicted octanol–water partition coefficient (Wildman–Crippen LogP) is 2.14. The number of hydrogen-bond donors (Lipinski definition) is 2. The molecule has 1 saturated heterocycles. The lowest BCUT2D eigenvalue weighted by atomic mass is 10.2. The highest BCUT2D eigenvalue weighted by Gasteiger charge is 2.22. The summed E-state index contributed by atoms with van der Waals surface area (Å²) >= 11 is 0. The van der Waals surface area contributed by atoms with Gasteiger partial charge >= 0.3 is 0 Å². The number of benzene rings is 2. The van der Waals surface area contributed by atoms with Crippen molar-refractivity contribution in [2.75, 3.05) is 36.5 Å². The summed E-state index contributed by atoms with van der Waals surface area (Å²) in [6, 6.07) is 13.1. The van der Waals surface area contributed by atoms with Gasteiger partial charge in [0, 0.05) is 24.5 Å². The average Bonchev–Trinajstić information content (AvgIpc) is 2.69. The first-order valence-electron chi connectivity index (χ1n) is 9.18. The minimum absolute atomic E-state index is 0.141. The van der Waals surface area contributed by atoms with E-state index >= 15 is 0 Å². The third kappa shape index (κ3) is 5.09. The van der Waals surface area contributed by atoms with Gasteiger partial charge < -0.3 is 15.0 Å². The number of carbonyl (C=O) groups excluding carboxylic acids is 1. The number of ether oxygens (including phenoxy) is 1. The molecule has 1 atom stereocenters. The molecule has 0 spiro atoms. The third-order valence-electron chi connectivity index (χ3n) is 4.54. The fourth-order valence-electron chi connectivity index (χ4n) is 2.96. The first-order chi connectivity index (χ1) is 13.3. The monoisotopic (exact) mass is 403 g/mol. The van der Waals surface area contributed by atoms with Crippen LogP contribution in [0.25, 0.3) is 0 Å². The molecule has 150 valence electrons. The number of sulfonamides is 1. The van der Waals surface area contributed by atoms with Crippen LogP contribution in [0.15, 0.2) is 53.4 Å². The van der Waals surface area contributed by atoms with Gasteiger partial charge in [-0.15, -0.1) is 0 Å². The van der Waals surface area contributed by atoms with E-state index in [1.165, 1.54) is 13.0 Å². The van der Waals surface area contributed by atoms with E-state index in [1.807, 2.05) is 37.3 Å². The van der Waals surface area contributed by atoms with Crippen molar-refractivity contribution in [3.05, 3.63) is 54.1 Å². The van der Waals surface area contributed by atoms with Gasteiger partial charge in [0.05, 0.1) is 24.2 Å². The van der Waals surface area contributed by atoms with Gasteiger partial charge in [-0.2, -0.15) is 4.72 Å². The third-order valence-corrected chi connectivity index (χ3v) is 6.07. The topological polar surface area (TPSA) is 87.7 Å². The van der Waals surface area contributed by atoms with Crippen LogP contribution in [0.3, 0.4) is 0 Å². The number of carbonyl (C=O) groups is 1. The van der Waals surface area contributed by atoms with Crippen molar-refractivity contribution in [3.8, 4) is 0 Å². The van der Waals surface area contributed by atoms with E-state index in [4.69, 9.17) is 4.74 Å². The Balaban J connectivity index is 1.60. The number of hydrogen-bond acceptors (Lipinski definition) is 5. The van der Waals surface area contributed by atoms with E-state index < -0.39 is 22.0 Å². The first kappa shape index (κ1) is 20.3. The lowest BCUT2D eigenvalue weighted by Gasteiger charge is -2.29. The van der Waals surface area contributed by atoms with Crippen molar-refractivity contribution < 1.29 is 17.9 Å². The quantitative estimate of drug-likeness (QED) is 0.772. The molecule has 0 radical (unpaired) electrons. The zero-order chi connectivity index (χ0) is 20.1. The van der Waals surface area contributed by atoms with Gasteiger partial charge in [-0.05, 0) is 55.8 Å². The summed E-state index contributed by atoms with van der Waals surface area (Å²) in [5.74, 6) is -0.421. The van der Waals surface area contributed by atoms with Crippen molar-refractivity contribution in [2.45, 2.75) is 24.8 Å². The SMILES string of the molecule is Cc1cccc(S(=O)(=O)NC(C)C(=O)Nc2ccc(N3CCOCC3)cc2)c1. The van der Waals surface area contributed by atoms with Gasteiger partial charge in [0.25, 0.3) is 0 Å². The van der Waals surface area contributed by atoms with Gasteiger partial charge in [0.1, 0.15) is 0 Å². The molecule has 0 aliphatic carbocycles. The molecule has 1 fully saturated rings. The largest absolute Gasteiger partial charge is 0.378 e. The van der Waals surface area contributed by atoms with Gasteiger partial charge in [-0.1, -0.05) is 12.1 Å². The van der Waals surface area contributed by atoms with Crippen LogP contribution >= 0.6 is 0 Å². The minimum atomic E-state index is -3.77. The van der Waals surface area contributed by atoms with Gasteiger partial charge in [-0.25, -0.2) is 8.42 Å². The van der Waals surface area contributed by atoms with E-state index in [1.54, 1.807) is 12.1 Å². The van der Waals surface area contributed by atoms with Gasteiger partial charge in [0.15, 0.2) is 0 Å². The van der Waals surface area contributed by atoms with E-state index in [9.17, 15) is 13.2 Å². The van der Waals surface area contributed by atoms with Crippen LogP contribution in [0.4, 0.5) is 11.4 Å². The smallest absolute Gasteiger partial charge is 0.242 e. The Labute approximate surface area is 165 Å². The Morgan fingerprint density at radius 3 is 2.43 bits per heavy atom. The van der Waals surface area contributed by atoms with Crippen LogP contribution in [0, 0.1) is 6.92 Å². The maximum Gasteiger partial charge on any atom is 0.242 e. The van der Waals surface area contributed by atoms with Crippen molar-refractivity contribution in [1.82, 2.24) is 4.72 Å². The second kappa shape index (κ2) is 8.72. The standard InChI is InChI=1S/C20H25N3O4S/c1-15-4-3-5-19(14-15)28(25,26)22-16(2)20(24)21-17-6-8-18(9-7-17)23-10-12-27-13-11-23/h3-9,14,16,22H,10-13H2,1-2H3,(H,21,24). The van der Waals surface area contributed by atoms with Crippen molar-refractivity contribution in [2.24, 2.45) is 0 Å². The Morgan fingerprint density at radius 1 is 1.11 bits per heavy atom. The van der Waals surface area contributed by atoms with Crippen molar-refractivity contribution >= 4 is 27.3 Å². The molecule has 2 aromatic rings. The second-order valence-electron chi connectivity index (χ2n) is 6.80. The van der Waals surface area contributed by atoms with Crippen LogP contribution in [0.1, 0.15) is 12.5 Å². The lowest BCUT2D eigenvalue weighted by Crippen LogP contribution is -2.41. The number of nitrogens with one attached hydrogen (secondary N) is 2. The molecule has 1 aliphatic rings. The maximum atomic E-state index is 12.5. The Hall–Kier alpha value is -2.42. The minimum Gasteiger partial charge on any atom is -0.378 e. The van der Waals surface area contributed by atoms with Crippen LogP contribution in [-0.4, -0.2) is 46.7 Å². The summed E-state index contributed by atoms with van der Waals surface area (Å²) in [7, 11) is -3.77. The summed E-state index contributed by atoms with van der Waals surface area (Å²) in [4.78, 5) is 14.8. The summed E-state index contributed by atoms with van der Waals surface area (Å²) in [5.41, 5.74) is 2.51. The number of anilines is 2. The molecule has 8 heteroatoms. The molecular weight excluding hydrogens is 378 g/mol. The number of amides is 1. The van der Waals surface area contributed by atoms with Crippen LogP contribution in [0.5, 0.6) is 0 Å². The Morgan fingerprint density at radius 2 is 1.79 bits per heavy atom. The lowest BCUT2D eigenvalue weighted by molar-refractivity contribution is -0.117. The molecule has 1 heterocycles. The van der Waals surface area contributed by atoms with E-state index in [0.717, 1.165) is 24.3 Å². The molecule has 0 aromatic heterocycles. The van der Waals surface area contributed by atoms with Gasteiger partial charge in [0.2, 0.25) is 15.9 Å². The molecule has 3 rings (SSSR count). The summed E-state index contributed by atoms with van der Waals surface area (Å²) < 4.78 is 32.7. The molecule has 0 saturated carbocycles. The second-order valence-corrected chi connectivity index (χ2v) is 8.51. The highest BCUT2D eigenvalue weighted by atomic mass is 32.2. The van der Waals surface area contributed by atoms with Crippen molar-refractivity contribution in [3.63, 3.8) is 0 Å². The zero-order valence-electron chi connectivity index (χ0n) is 16.0. The van der Waals surface area contributed by atoms with E-state index in [-0.39, 0.29) is 4.90 Å². The van der Waals surface area contributed by atoms with Crippen molar-refractivity contribution in [1.29, 1.82) is 0 Å². The Kier molecular flexibility index (Phi) is 6.33. The number of nitrogens with zero attached hydrogens (tertiary/aromatic N) is 1. The molecule has 1 unspecified atom stereocenters. The van der Waals surface area contributed by atoms with Crippen LogP contribution in [-0.2, 0) is 19.6 Å². The number of morpholine rings is 1. The summed E-state index contributed by atoms with van der Waals surface area (Å²) in [6.45, 7) is 6.42. The molecule has 7 nitrogen and oxygen atoms in total. The highest BCUT2D eigenvalue weighted by molar-refractivity contribution is 7.89. The van der Waals surface area contributed by atoms with Crippen LogP contribution in [0.2, 0.25) is 0 Å². The molecule has 0 bridgehead atoms. The first-order valence-corrected chi connectivity index (χ1v) is 10.7. The molecule has 1 amide bonds.